The Morgan fingerprint density at radius 3 is 1.67 bits per heavy atom. The number of hydrogen-bond donors (Lipinski definition) is 1. The lowest BCUT2D eigenvalue weighted by Gasteiger charge is -2.07. The summed E-state index contributed by atoms with van der Waals surface area (Å²) in [6.45, 7) is 4.26. The van der Waals surface area contributed by atoms with Crippen LogP contribution in [0.5, 0.6) is 0 Å². The highest BCUT2D eigenvalue weighted by atomic mass is 31.2. The fraction of sp³-hybridized carbons (Fsp3) is 0.750. The molecule has 1 nitrogen and oxygen atoms in total. The molecule has 0 amide bonds. The molecule has 38 valence electrons. The Morgan fingerprint density at radius 2 is 1.67 bits per heavy atom. The van der Waals surface area contributed by atoms with Gasteiger partial charge in [0.05, 0.1) is 0 Å². The van der Waals surface area contributed by atoms with Crippen molar-refractivity contribution >= 4 is 13.3 Å². The van der Waals surface area contributed by atoms with E-state index in [1.54, 1.807) is 0 Å². The summed E-state index contributed by atoms with van der Waals surface area (Å²) in [5.41, 5.74) is 0. The van der Waals surface area contributed by atoms with Gasteiger partial charge in [0.1, 0.15) is 0 Å². The lowest BCUT2D eigenvalue weighted by atomic mass is 11.6. The van der Waals surface area contributed by atoms with Crippen LogP contribution < -0.4 is 5.09 Å². The van der Waals surface area contributed by atoms with E-state index in [0.29, 0.717) is 0 Å². The molecule has 6 heavy (non-hydrogen) atoms. The van der Waals surface area contributed by atoms with Gasteiger partial charge in [-0.1, -0.05) is 13.3 Å². The van der Waals surface area contributed by atoms with E-state index in [-0.39, 0.29) is 0 Å². The summed E-state index contributed by atoms with van der Waals surface area (Å²) >= 11 is 0. The molecule has 0 aromatic rings. The fourth-order valence-corrected chi connectivity index (χ4v) is 0. The van der Waals surface area contributed by atoms with E-state index in [9.17, 15) is 0 Å². The van der Waals surface area contributed by atoms with Crippen molar-refractivity contribution in [3.05, 3.63) is 0 Å². The molecule has 0 radical (unpaired) electrons. The minimum atomic E-state index is -0.897. The van der Waals surface area contributed by atoms with Crippen molar-refractivity contribution in [2.24, 2.45) is 0 Å². The van der Waals surface area contributed by atoms with Crippen LogP contribution in [0.3, 0.4) is 0 Å². The van der Waals surface area contributed by atoms with Crippen molar-refractivity contribution in [3.8, 4) is 0 Å². The van der Waals surface area contributed by atoms with Gasteiger partial charge in [0.15, 0.2) is 0 Å². The molecule has 0 rings (SSSR count). The first kappa shape index (κ1) is 6.26. The van der Waals surface area contributed by atoms with Crippen LogP contribution in [-0.2, 0) is 0 Å². The van der Waals surface area contributed by atoms with Crippen molar-refractivity contribution < 1.29 is 0 Å². The molecule has 0 fully saturated rings. The SMILES string of the molecule is C=P(C)(C)NC. The van der Waals surface area contributed by atoms with Crippen molar-refractivity contribution in [1.82, 2.24) is 5.09 Å². The van der Waals surface area contributed by atoms with Gasteiger partial charge in [0.25, 0.3) is 0 Å². The molecular formula is C4H12NP. The molecule has 0 bridgehead atoms. The zero-order valence-corrected chi connectivity index (χ0v) is 5.55. The lowest BCUT2D eigenvalue weighted by molar-refractivity contribution is 1.26. The minimum absolute atomic E-state index is 0.897. The summed E-state index contributed by atoms with van der Waals surface area (Å²) in [7, 11) is 1.05. The highest BCUT2D eigenvalue weighted by molar-refractivity contribution is 7.70. The van der Waals surface area contributed by atoms with Crippen LogP contribution in [0.1, 0.15) is 0 Å². The zero-order valence-electron chi connectivity index (χ0n) is 4.65. The van der Waals surface area contributed by atoms with E-state index in [4.69, 9.17) is 0 Å². The smallest absolute Gasteiger partial charge is 0.0126 e. The van der Waals surface area contributed by atoms with Gasteiger partial charge in [-0.05, 0) is 20.4 Å². The second-order valence-electron chi connectivity index (χ2n) is 1.91. The zero-order chi connectivity index (χ0) is 5.21. The van der Waals surface area contributed by atoms with Crippen LogP contribution in [-0.4, -0.2) is 26.7 Å². The lowest BCUT2D eigenvalue weighted by Crippen LogP contribution is -1.98. The Kier molecular flexibility index (Phi) is 1.89. The summed E-state index contributed by atoms with van der Waals surface area (Å²) in [6, 6.07) is 0. The largest absolute Gasteiger partial charge is 0.301 e. The second-order valence-corrected chi connectivity index (χ2v) is 5.73. The predicted molar refractivity (Wildman–Crippen MR) is 34.9 cm³/mol. The van der Waals surface area contributed by atoms with E-state index < -0.39 is 7.04 Å². The molecule has 0 saturated carbocycles. The average Bonchev–Trinajstić information content (AvgIpc) is 1.35. The standard InChI is InChI=1S/C4H12NP/c1-5-6(2,3)4/h5H,2H2,1,3-4H3. The van der Waals surface area contributed by atoms with Crippen LogP contribution in [0.15, 0.2) is 0 Å². The van der Waals surface area contributed by atoms with Gasteiger partial charge in [0.2, 0.25) is 0 Å². The van der Waals surface area contributed by atoms with E-state index >= 15 is 0 Å². The van der Waals surface area contributed by atoms with Crippen molar-refractivity contribution in [1.29, 1.82) is 0 Å². The molecule has 0 spiro atoms. The number of nitrogens with one attached hydrogen (secondary N) is 1. The summed E-state index contributed by atoms with van der Waals surface area (Å²) < 4.78 is 0. The van der Waals surface area contributed by atoms with Crippen molar-refractivity contribution in [2.75, 3.05) is 20.4 Å². The van der Waals surface area contributed by atoms with Crippen LogP contribution in [0.4, 0.5) is 0 Å². The summed E-state index contributed by atoms with van der Waals surface area (Å²) in [5.74, 6) is 0. The van der Waals surface area contributed by atoms with Gasteiger partial charge in [-0.25, -0.2) is 0 Å². The molecule has 0 heterocycles. The molecule has 0 aromatic carbocycles. The van der Waals surface area contributed by atoms with Gasteiger partial charge >= 0.3 is 0 Å². The Balaban J connectivity index is 3.48. The molecule has 0 aliphatic carbocycles. The van der Waals surface area contributed by atoms with Crippen LogP contribution >= 0.6 is 7.04 Å². The average molecular weight is 105 g/mol. The third-order valence-electron chi connectivity index (χ3n) is 0.605. The number of hydrogen-bond acceptors (Lipinski definition) is 1. The molecule has 0 atom stereocenters. The van der Waals surface area contributed by atoms with E-state index in [1.165, 1.54) is 0 Å². The molecule has 2 heteroatoms. The van der Waals surface area contributed by atoms with Gasteiger partial charge < -0.3 is 5.09 Å². The van der Waals surface area contributed by atoms with Crippen LogP contribution in [0.25, 0.3) is 0 Å². The quantitative estimate of drug-likeness (QED) is 0.487. The van der Waals surface area contributed by atoms with E-state index in [1.807, 2.05) is 7.05 Å². The Labute approximate surface area is 39.8 Å². The van der Waals surface area contributed by atoms with Crippen LogP contribution in [0, 0.1) is 0 Å². The Morgan fingerprint density at radius 1 is 1.50 bits per heavy atom. The van der Waals surface area contributed by atoms with Crippen LogP contribution in [0.2, 0.25) is 0 Å². The maximum absolute atomic E-state index is 3.89. The highest BCUT2D eigenvalue weighted by Gasteiger charge is 1.86. The topological polar surface area (TPSA) is 12.0 Å². The monoisotopic (exact) mass is 105 g/mol. The Bertz CT molecular complexity index is 71.6. The van der Waals surface area contributed by atoms with Crippen molar-refractivity contribution in [2.45, 2.75) is 0 Å². The third-order valence-corrected chi connectivity index (χ3v) is 1.82. The summed E-state index contributed by atoms with van der Waals surface area (Å²) in [4.78, 5) is 0. The van der Waals surface area contributed by atoms with E-state index in [0.717, 1.165) is 0 Å². The molecule has 1 N–H and O–H groups in total. The third kappa shape index (κ3) is 4.26. The van der Waals surface area contributed by atoms with E-state index in [2.05, 4.69) is 24.7 Å². The number of rotatable bonds is 1. The summed E-state index contributed by atoms with van der Waals surface area (Å²) in [5, 5.41) is 3.10. The maximum Gasteiger partial charge on any atom is -0.0126 e. The maximum atomic E-state index is 3.89. The second kappa shape index (κ2) is 1.81. The first-order valence-electron chi connectivity index (χ1n) is 1.93. The fourth-order valence-electron chi connectivity index (χ4n) is 0. The normalized spacial score (nSPS) is 11.8. The van der Waals surface area contributed by atoms with Gasteiger partial charge in [-0.2, -0.15) is 0 Å². The first-order valence-corrected chi connectivity index (χ1v) is 4.80. The Hall–Kier alpha value is 0.260. The molecular weight excluding hydrogens is 93.0 g/mol. The first-order chi connectivity index (χ1) is 2.56. The summed E-state index contributed by atoms with van der Waals surface area (Å²) in [6.07, 6.45) is 3.89. The van der Waals surface area contributed by atoms with Crippen molar-refractivity contribution in [3.63, 3.8) is 0 Å². The molecule has 0 aromatic heterocycles. The molecule has 0 unspecified atom stereocenters. The van der Waals surface area contributed by atoms with Gasteiger partial charge in [-0.15, -0.1) is 0 Å². The molecule has 0 aliphatic rings. The molecule has 0 saturated heterocycles. The van der Waals surface area contributed by atoms with Gasteiger partial charge in [-0.3, -0.25) is 0 Å². The molecule has 0 aliphatic heterocycles. The minimum Gasteiger partial charge on any atom is -0.301 e. The predicted octanol–water partition coefficient (Wildman–Crippen LogP) is 0.830. The van der Waals surface area contributed by atoms with Gasteiger partial charge in [0, 0.05) is 0 Å². The highest BCUT2D eigenvalue weighted by Crippen LogP contribution is 2.26.